The molecule has 0 aromatic heterocycles. The number of aliphatic hydroxyl groups excluding tert-OH is 1. The predicted octanol–water partition coefficient (Wildman–Crippen LogP) is 16.9. The molecular weight excluding hydrogens is 1080 g/mol. The van der Waals surface area contributed by atoms with Crippen molar-refractivity contribution in [3.8, 4) is 0 Å². The molecule has 0 saturated carbocycles. The average molecular weight is 1200 g/mol. The first kappa shape index (κ1) is 79.1. The summed E-state index contributed by atoms with van der Waals surface area (Å²) in [6, 6.07) is 0. The molecule has 0 bridgehead atoms. The fourth-order valence-corrected chi connectivity index (χ4v) is 10.7. The predicted molar refractivity (Wildman–Crippen MR) is 321 cm³/mol. The van der Waals surface area contributed by atoms with Crippen molar-refractivity contribution < 1.29 is 80.2 Å². The van der Waals surface area contributed by atoms with Crippen LogP contribution in [-0.4, -0.2) is 96.7 Å². The molecule has 0 amide bonds. The van der Waals surface area contributed by atoms with Gasteiger partial charge in [0.15, 0.2) is 12.2 Å². The Balaban J connectivity index is 5.19. The fourth-order valence-electron chi connectivity index (χ4n) is 9.15. The molecule has 17 nitrogen and oxygen atoms in total. The maximum absolute atomic E-state index is 13.0. The van der Waals surface area contributed by atoms with E-state index in [9.17, 15) is 43.2 Å². The summed E-state index contributed by atoms with van der Waals surface area (Å²) in [6.07, 6.45) is 36.4. The van der Waals surface area contributed by atoms with Gasteiger partial charge < -0.3 is 33.8 Å². The number of esters is 4. The van der Waals surface area contributed by atoms with Gasteiger partial charge in [0.05, 0.1) is 26.4 Å². The van der Waals surface area contributed by atoms with Crippen LogP contribution in [0, 0.1) is 11.8 Å². The van der Waals surface area contributed by atoms with E-state index >= 15 is 0 Å². The minimum Gasteiger partial charge on any atom is -0.462 e. The molecule has 6 atom stereocenters. The highest BCUT2D eigenvalue weighted by atomic mass is 31.2. The summed E-state index contributed by atoms with van der Waals surface area (Å²) in [6.45, 7) is 9.39. The molecular formula is C62H120O17P2. The van der Waals surface area contributed by atoms with Gasteiger partial charge in [-0.05, 0) is 37.5 Å². The molecule has 0 aromatic rings. The number of carbonyl (C=O) groups excluding carboxylic acids is 4. The molecule has 19 heteroatoms. The summed E-state index contributed by atoms with van der Waals surface area (Å²) in [5.74, 6) is -0.600. The van der Waals surface area contributed by atoms with Gasteiger partial charge in [0.25, 0.3) is 0 Å². The van der Waals surface area contributed by atoms with Crippen molar-refractivity contribution in [2.24, 2.45) is 11.8 Å². The monoisotopic (exact) mass is 1200 g/mol. The number of unbranched alkanes of at least 4 members (excludes halogenated alkanes) is 30. The van der Waals surface area contributed by atoms with Gasteiger partial charge in [-0.15, -0.1) is 0 Å². The molecule has 0 rings (SSSR count). The van der Waals surface area contributed by atoms with Crippen molar-refractivity contribution in [1.29, 1.82) is 0 Å². The van der Waals surface area contributed by atoms with E-state index in [4.69, 9.17) is 37.0 Å². The van der Waals surface area contributed by atoms with Gasteiger partial charge in [0, 0.05) is 25.7 Å². The molecule has 0 aliphatic heterocycles. The molecule has 0 spiro atoms. The standard InChI is InChI=1S/C62H120O17P2/c1-7-10-12-14-15-16-22-28-34-40-46-61(66)78-57(50-72-59(64)44-38-30-13-11-8-2)52-76-80(68,69)74-48-56(63)49-75-81(70,71)77-53-58(51-73-60(65)45-39-33-27-24-19-20-25-31-36-42-54(4)5)79-62(67)47-41-35-29-23-18-17-21-26-32-37-43-55(6)9-3/h54-58,63H,7-53H2,1-6H3,(H,68,69)(H,70,71)/t55?,56-,57+,58+/m0/s1. The topological polar surface area (TPSA) is 237 Å². The van der Waals surface area contributed by atoms with Crippen LogP contribution in [0.5, 0.6) is 0 Å². The molecule has 480 valence electrons. The van der Waals surface area contributed by atoms with E-state index < -0.39 is 97.5 Å². The van der Waals surface area contributed by atoms with Crippen LogP contribution in [0.25, 0.3) is 0 Å². The number of hydrogen-bond donors (Lipinski definition) is 3. The van der Waals surface area contributed by atoms with E-state index in [1.165, 1.54) is 116 Å². The van der Waals surface area contributed by atoms with Crippen LogP contribution >= 0.6 is 15.6 Å². The normalized spacial score (nSPS) is 14.7. The molecule has 0 fully saturated rings. The minimum absolute atomic E-state index is 0.105. The Bertz CT molecular complexity index is 1600. The molecule has 0 aliphatic carbocycles. The maximum atomic E-state index is 13.0. The first-order chi connectivity index (χ1) is 38.9. The third-order valence-corrected chi connectivity index (χ3v) is 16.5. The van der Waals surface area contributed by atoms with E-state index in [-0.39, 0.29) is 25.7 Å². The summed E-state index contributed by atoms with van der Waals surface area (Å²) < 4.78 is 67.7. The number of rotatable bonds is 61. The van der Waals surface area contributed by atoms with Crippen molar-refractivity contribution in [3.63, 3.8) is 0 Å². The Labute approximate surface area is 492 Å². The summed E-state index contributed by atoms with van der Waals surface area (Å²) in [4.78, 5) is 71.9. The Kier molecular flexibility index (Phi) is 53.4. The first-order valence-corrected chi connectivity index (χ1v) is 35.5. The lowest BCUT2D eigenvalue weighted by atomic mass is 9.99. The van der Waals surface area contributed by atoms with Gasteiger partial charge in [-0.1, -0.05) is 253 Å². The van der Waals surface area contributed by atoms with E-state index in [0.717, 1.165) is 108 Å². The second-order valence-corrected chi connectivity index (χ2v) is 26.1. The highest BCUT2D eigenvalue weighted by molar-refractivity contribution is 7.47. The van der Waals surface area contributed by atoms with Gasteiger partial charge in [-0.2, -0.15) is 0 Å². The molecule has 3 unspecified atom stereocenters. The molecule has 3 N–H and O–H groups in total. The lowest BCUT2D eigenvalue weighted by Crippen LogP contribution is -2.30. The molecule has 0 aromatic carbocycles. The lowest BCUT2D eigenvalue weighted by Gasteiger charge is -2.21. The summed E-state index contributed by atoms with van der Waals surface area (Å²) in [5, 5.41) is 10.5. The van der Waals surface area contributed by atoms with E-state index in [1.54, 1.807) is 0 Å². The third-order valence-electron chi connectivity index (χ3n) is 14.6. The SMILES string of the molecule is CCCCCCCCCCCCC(=O)O[C@H](COC(=O)CCCCCCC)COP(=O)(O)OC[C@H](O)COP(=O)(O)OC[C@@H](COC(=O)CCCCCCCCCCCC(C)C)OC(=O)CCCCCCCCCCCCC(C)CC. The number of aliphatic hydroxyl groups is 1. The van der Waals surface area contributed by atoms with Gasteiger partial charge >= 0.3 is 39.5 Å². The van der Waals surface area contributed by atoms with Crippen molar-refractivity contribution in [3.05, 3.63) is 0 Å². The van der Waals surface area contributed by atoms with Crippen molar-refractivity contribution >= 4 is 39.5 Å². The van der Waals surface area contributed by atoms with Gasteiger partial charge in [-0.25, -0.2) is 9.13 Å². The molecule has 0 aliphatic rings. The Hall–Kier alpha value is -1.94. The third kappa shape index (κ3) is 55.7. The molecule has 81 heavy (non-hydrogen) atoms. The van der Waals surface area contributed by atoms with Crippen molar-refractivity contribution in [2.75, 3.05) is 39.6 Å². The van der Waals surface area contributed by atoms with Crippen LogP contribution in [0.2, 0.25) is 0 Å². The van der Waals surface area contributed by atoms with Crippen LogP contribution in [0.1, 0.15) is 305 Å². The van der Waals surface area contributed by atoms with Crippen LogP contribution in [0.15, 0.2) is 0 Å². The molecule has 0 radical (unpaired) electrons. The van der Waals surface area contributed by atoms with Crippen LogP contribution < -0.4 is 0 Å². The van der Waals surface area contributed by atoms with Crippen molar-refractivity contribution in [2.45, 2.75) is 323 Å². The fraction of sp³-hybridized carbons (Fsp3) is 0.935. The second kappa shape index (κ2) is 54.7. The zero-order chi connectivity index (χ0) is 60.1. The van der Waals surface area contributed by atoms with E-state index in [1.807, 2.05) is 0 Å². The number of phosphoric acid groups is 2. The summed E-state index contributed by atoms with van der Waals surface area (Å²) in [7, 11) is -9.87. The van der Waals surface area contributed by atoms with Crippen LogP contribution in [-0.2, 0) is 65.4 Å². The number of phosphoric ester groups is 2. The van der Waals surface area contributed by atoms with Crippen LogP contribution in [0.3, 0.4) is 0 Å². The zero-order valence-corrected chi connectivity index (χ0v) is 53.9. The highest BCUT2D eigenvalue weighted by Gasteiger charge is 2.30. The lowest BCUT2D eigenvalue weighted by molar-refractivity contribution is -0.161. The Morgan fingerprint density at radius 3 is 0.938 bits per heavy atom. The highest BCUT2D eigenvalue weighted by Crippen LogP contribution is 2.45. The first-order valence-electron chi connectivity index (χ1n) is 32.5. The van der Waals surface area contributed by atoms with Gasteiger partial charge in [0.2, 0.25) is 0 Å². The van der Waals surface area contributed by atoms with Gasteiger partial charge in [-0.3, -0.25) is 37.3 Å². The summed E-state index contributed by atoms with van der Waals surface area (Å²) >= 11 is 0. The van der Waals surface area contributed by atoms with E-state index in [2.05, 4.69) is 41.5 Å². The Morgan fingerprint density at radius 1 is 0.358 bits per heavy atom. The largest absolute Gasteiger partial charge is 0.472 e. The minimum atomic E-state index is -4.94. The Morgan fingerprint density at radius 2 is 0.630 bits per heavy atom. The number of ether oxygens (including phenoxy) is 4. The van der Waals surface area contributed by atoms with Crippen LogP contribution in [0.4, 0.5) is 0 Å². The maximum Gasteiger partial charge on any atom is 0.472 e. The zero-order valence-electron chi connectivity index (χ0n) is 52.1. The molecule has 0 saturated heterocycles. The smallest absolute Gasteiger partial charge is 0.462 e. The van der Waals surface area contributed by atoms with E-state index in [0.29, 0.717) is 25.7 Å². The van der Waals surface area contributed by atoms with Crippen molar-refractivity contribution in [1.82, 2.24) is 0 Å². The van der Waals surface area contributed by atoms with Gasteiger partial charge in [0.1, 0.15) is 19.3 Å². The summed E-state index contributed by atoms with van der Waals surface area (Å²) in [5.41, 5.74) is 0. The average Bonchev–Trinajstić information content (AvgIpc) is 3.43. The quantitative estimate of drug-likeness (QED) is 0.0222. The molecule has 0 heterocycles. The second-order valence-electron chi connectivity index (χ2n) is 23.2. The number of carbonyl (C=O) groups is 4. The number of hydrogen-bond acceptors (Lipinski definition) is 15.